The van der Waals surface area contributed by atoms with Crippen LogP contribution in [0.25, 0.3) is 0 Å². The lowest BCUT2D eigenvalue weighted by Gasteiger charge is -2.39. The Hall–Kier alpha value is -1.10. The minimum Gasteiger partial charge on any atom is -0.466 e. The number of hydrogen-bond acceptors (Lipinski definition) is 4. The van der Waals surface area contributed by atoms with Gasteiger partial charge in [-0.25, -0.2) is 0 Å². The number of hydrogen-bond donors (Lipinski definition) is 0. The molecule has 1 atom stereocenters. The zero-order valence-corrected chi connectivity index (χ0v) is 13.2. The third-order valence-corrected chi connectivity index (χ3v) is 4.58. The molecule has 0 aromatic rings. The van der Waals surface area contributed by atoms with E-state index in [2.05, 4.69) is 0 Å². The standard InChI is InChI=1S/C16H27NO4/c1-3-20-14(18)12-13-6-9-17(10-7-13)15(19)16(2)8-4-5-11-21-16/h13H,3-12H2,1-2H3. The summed E-state index contributed by atoms with van der Waals surface area (Å²) in [6.45, 7) is 6.31. The fourth-order valence-electron chi connectivity index (χ4n) is 3.23. The molecule has 0 N–H and O–H groups in total. The third kappa shape index (κ3) is 4.19. The van der Waals surface area contributed by atoms with Crippen LogP contribution < -0.4 is 0 Å². The van der Waals surface area contributed by atoms with Crippen molar-refractivity contribution < 1.29 is 19.1 Å². The third-order valence-electron chi connectivity index (χ3n) is 4.58. The highest BCUT2D eigenvalue weighted by Crippen LogP contribution is 2.29. The summed E-state index contributed by atoms with van der Waals surface area (Å²) in [4.78, 5) is 26.0. The van der Waals surface area contributed by atoms with E-state index in [1.54, 1.807) is 0 Å². The second-order valence-electron chi connectivity index (χ2n) is 6.28. The van der Waals surface area contributed by atoms with Crippen molar-refractivity contribution in [3.05, 3.63) is 0 Å². The van der Waals surface area contributed by atoms with Crippen LogP contribution in [0.3, 0.4) is 0 Å². The van der Waals surface area contributed by atoms with Crippen LogP contribution in [0, 0.1) is 5.92 Å². The second kappa shape index (κ2) is 7.25. The average Bonchev–Trinajstić information content (AvgIpc) is 2.48. The van der Waals surface area contributed by atoms with Crippen LogP contribution in [0.1, 0.15) is 52.4 Å². The first-order valence-corrected chi connectivity index (χ1v) is 8.14. The molecule has 2 aliphatic heterocycles. The highest BCUT2D eigenvalue weighted by atomic mass is 16.5. The normalized spacial score (nSPS) is 27.4. The number of esters is 1. The van der Waals surface area contributed by atoms with E-state index in [-0.39, 0.29) is 11.9 Å². The molecule has 2 saturated heterocycles. The molecule has 0 aromatic carbocycles. The molecule has 2 fully saturated rings. The molecule has 0 radical (unpaired) electrons. The van der Waals surface area contributed by atoms with Gasteiger partial charge < -0.3 is 14.4 Å². The second-order valence-corrected chi connectivity index (χ2v) is 6.28. The van der Waals surface area contributed by atoms with Crippen LogP contribution in [-0.4, -0.2) is 48.7 Å². The lowest BCUT2D eigenvalue weighted by Crippen LogP contribution is -2.52. The summed E-state index contributed by atoms with van der Waals surface area (Å²) in [5.74, 6) is 0.342. The van der Waals surface area contributed by atoms with Gasteiger partial charge in [-0.15, -0.1) is 0 Å². The van der Waals surface area contributed by atoms with Crippen LogP contribution in [0.5, 0.6) is 0 Å². The Morgan fingerprint density at radius 3 is 2.57 bits per heavy atom. The van der Waals surface area contributed by atoms with Gasteiger partial charge >= 0.3 is 5.97 Å². The number of carbonyl (C=O) groups excluding carboxylic acids is 2. The van der Waals surface area contributed by atoms with Gasteiger partial charge in [-0.2, -0.15) is 0 Å². The molecule has 0 bridgehead atoms. The van der Waals surface area contributed by atoms with E-state index in [1.807, 2.05) is 18.7 Å². The number of carbonyl (C=O) groups is 2. The van der Waals surface area contributed by atoms with E-state index in [9.17, 15) is 9.59 Å². The van der Waals surface area contributed by atoms with Gasteiger partial charge in [-0.05, 0) is 51.9 Å². The van der Waals surface area contributed by atoms with Gasteiger partial charge in [0.25, 0.3) is 5.91 Å². The van der Waals surface area contributed by atoms with Crippen molar-refractivity contribution in [2.75, 3.05) is 26.3 Å². The van der Waals surface area contributed by atoms with E-state index in [0.29, 0.717) is 25.6 Å². The molecule has 0 aromatic heterocycles. The highest BCUT2D eigenvalue weighted by molar-refractivity contribution is 5.85. The molecule has 2 rings (SSSR count). The van der Waals surface area contributed by atoms with Crippen molar-refractivity contribution in [2.24, 2.45) is 5.92 Å². The SMILES string of the molecule is CCOC(=O)CC1CCN(C(=O)C2(C)CCCCO2)CC1. The van der Waals surface area contributed by atoms with Gasteiger partial charge in [0.2, 0.25) is 0 Å². The van der Waals surface area contributed by atoms with Crippen molar-refractivity contribution in [1.82, 2.24) is 4.90 Å². The largest absolute Gasteiger partial charge is 0.466 e. The zero-order valence-electron chi connectivity index (χ0n) is 13.2. The van der Waals surface area contributed by atoms with Gasteiger partial charge in [0, 0.05) is 26.1 Å². The van der Waals surface area contributed by atoms with Crippen molar-refractivity contribution in [3.8, 4) is 0 Å². The predicted octanol–water partition coefficient (Wildman–Crippen LogP) is 2.14. The number of likely N-dealkylation sites (tertiary alicyclic amines) is 1. The molecule has 0 saturated carbocycles. The fraction of sp³-hybridized carbons (Fsp3) is 0.875. The summed E-state index contributed by atoms with van der Waals surface area (Å²) in [6.07, 6.45) is 5.14. The lowest BCUT2D eigenvalue weighted by atomic mass is 9.90. The molecule has 21 heavy (non-hydrogen) atoms. The van der Waals surface area contributed by atoms with Crippen molar-refractivity contribution in [2.45, 2.75) is 58.0 Å². The van der Waals surface area contributed by atoms with Crippen molar-refractivity contribution in [1.29, 1.82) is 0 Å². The Kier molecular flexibility index (Phi) is 5.62. The molecule has 1 amide bonds. The van der Waals surface area contributed by atoms with E-state index in [0.717, 1.165) is 45.2 Å². The first-order valence-electron chi connectivity index (χ1n) is 8.14. The monoisotopic (exact) mass is 297 g/mol. The van der Waals surface area contributed by atoms with Crippen LogP contribution in [0.15, 0.2) is 0 Å². The summed E-state index contributed by atoms with van der Waals surface area (Å²) < 4.78 is 10.7. The first kappa shape index (κ1) is 16.3. The molecular weight excluding hydrogens is 270 g/mol. The van der Waals surface area contributed by atoms with Gasteiger partial charge in [0.1, 0.15) is 5.60 Å². The van der Waals surface area contributed by atoms with Gasteiger partial charge in [-0.3, -0.25) is 9.59 Å². The zero-order chi connectivity index (χ0) is 15.3. The summed E-state index contributed by atoms with van der Waals surface area (Å²) in [6, 6.07) is 0. The van der Waals surface area contributed by atoms with Crippen LogP contribution in [0.4, 0.5) is 0 Å². The summed E-state index contributed by atoms with van der Waals surface area (Å²) >= 11 is 0. The molecule has 5 heteroatoms. The minimum absolute atomic E-state index is 0.121. The highest BCUT2D eigenvalue weighted by Gasteiger charge is 2.40. The maximum absolute atomic E-state index is 12.6. The van der Waals surface area contributed by atoms with Crippen molar-refractivity contribution >= 4 is 11.9 Å². The van der Waals surface area contributed by atoms with Gasteiger partial charge in [0.05, 0.1) is 6.61 Å². The first-order chi connectivity index (χ1) is 10.0. The quantitative estimate of drug-likeness (QED) is 0.746. The van der Waals surface area contributed by atoms with Crippen LogP contribution >= 0.6 is 0 Å². The van der Waals surface area contributed by atoms with Gasteiger partial charge in [0.15, 0.2) is 0 Å². The molecule has 2 heterocycles. The molecule has 0 spiro atoms. The molecular formula is C16H27NO4. The lowest BCUT2D eigenvalue weighted by molar-refractivity contribution is -0.163. The summed E-state index contributed by atoms with van der Waals surface area (Å²) in [7, 11) is 0. The predicted molar refractivity (Wildman–Crippen MR) is 78.8 cm³/mol. The number of ether oxygens (including phenoxy) is 2. The summed E-state index contributed by atoms with van der Waals surface area (Å²) in [5, 5.41) is 0. The Morgan fingerprint density at radius 2 is 2.00 bits per heavy atom. The number of piperidine rings is 1. The van der Waals surface area contributed by atoms with E-state index in [4.69, 9.17) is 9.47 Å². The molecule has 1 unspecified atom stereocenters. The topological polar surface area (TPSA) is 55.8 Å². The number of amides is 1. The number of nitrogens with zero attached hydrogens (tertiary/aromatic N) is 1. The minimum atomic E-state index is -0.633. The maximum atomic E-state index is 12.6. The fourth-order valence-corrected chi connectivity index (χ4v) is 3.23. The van der Waals surface area contributed by atoms with Crippen LogP contribution in [-0.2, 0) is 19.1 Å². The molecule has 0 aliphatic carbocycles. The van der Waals surface area contributed by atoms with Gasteiger partial charge in [-0.1, -0.05) is 0 Å². The number of rotatable bonds is 4. The molecule has 120 valence electrons. The molecule has 5 nitrogen and oxygen atoms in total. The Morgan fingerprint density at radius 1 is 1.29 bits per heavy atom. The molecule has 2 aliphatic rings. The van der Waals surface area contributed by atoms with Crippen molar-refractivity contribution in [3.63, 3.8) is 0 Å². The van der Waals surface area contributed by atoms with E-state index in [1.165, 1.54) is 0 Å². The van der Waals surface area contributed by atoms with E-state index < -0.39 is 5.60 Å². The Bertz CT molecular complexity index is 368. The van der Waals surface area contributed by atoms with E-state index >= 15 is 0 Å². The Balaban J connectivity index is 1.80. The maximum Gasteiger partial charge on any atom is 0.306 e. The van der Waals surface area contributed by atoms with Crippen LogP contribution in [0.2, 0.25) is 0 Å². The smallest absolute Gasteiger partial charge is 0.306 e. The average molecular weight is 297 g/mol. The summed E-state index contributed by atoms with van der Waals surface area (Å²) in [5.41, 5.74) is -0.633. The Labute approximate surface area is 127 Å².